The molecule has 6 heteroatoms. The Morgan fingerprint density at radius 1 is 1.32 bits per heavy atom. The zero-order chi connectivity index (χ0) is 13.8. The van der Waals surface area contributed by atoms with E-state index in [0.717, 1.165) is 24.9 Å². The first kappa shape index (κ1) is 13.9. The number of hydrogen-bond donors (Lipinski definition) is 1. The second-order valence-corrected chi connectivity index (χ2v) is 4.91. The van der Waals surface area contributed by atoms with Crippen LogP contribution in [0.2, 0.25) is 0 Å². The van der Waals surface area contributed by atoms with Crippen molar-refractivity contribution in [1.29, 1.82) is 0 Å². The van der Waals surface area contributed by atoms with E-state index in [0.29, 0.717) is 6.07 Å². The molecule has 0 bridgehead atoms. The van der Waals surface area contributed by atoms with Gasteiger partial charge in [0, 0.05) is 24.2 Å². The third kappa shape index (κ3) is 3.47. The first-order chi connectivity index (χ1) is 9.08. The van der Waals surface area contributed by atoms with Crippen molar-refractivity contribution in [3.63, 3.8) is 0 Å². The summed E-state index contributed by atoms with van der Waals surface area (Å²) in [6.07, 6.45) is 4.81. The Hall–Kier alpha value is -1.56. The molecule has 0 aliphatic heterocycles. The molecular formula is C13H16F2N2O2. The molecule has 0 spiro atoms. The number of halogens is 2. The van der Waals surface area contributed by atoms with Gasteiger partial charge in [-0.3, -0.25) is 10.1 Å². The lowest BCUT2D eigenvalue weighted by molar-refractivity contribution is -0.387. The fourth-order valence-electron chi connectivity index (χ4n) is 2.17. The van der Waals surface area contributed by atoms with Crippen LogP contribution in [0.4, 0.5) is 14.5 Å². The van der Waals surface area contributed by atoms with Crippen LogP contribution in [0.3, 0.4) is 0 Å². The Labute approximate surface area is 110 Å². The number of benzene rings is 1. The number of nitrogens with zero attached hydrogens (tertiary/aromatic N) is 1. The Kier molecular flexibility index (Phi) is 4.42. The monoisotopic (exact) mass is 270 g/mol. The van der Waals surface area contributed by atoms with E-state index in [4.69, 9.17) is 0 Å². The third-order valence-electron chi connectivity index (χ3n) is 3.58. The summed E-state index contributed by atoms with van der Waals surface area (Å²) in [7, 11) is 0. The normalized spacial score (nSPS) is 15.3. The molecule has 19 heavy (non-hydrogen) atoms. The molecule has 1 aromatic carbocycles. The van der Waals surface area contributed by atoms with E-state index in [1.807, 2.05) is 0 Å². The third-order valence-corrected chi connectivity index (χ3v) is 3.58. The van der Waals surface area contributed by atoms with Gasteiger partial charge in [-0.1, -0.05) is 19.3 Å². The minimum atomic E-state index is -1.14. The molecule has 1 aliphatic rings. The van der Waals surface area contributed by atoms with Gasteiger partial charge in [-0.05, 0) is 18.9 Å². The quantitative estimate of drug-likeness (QED) is 0.491. The SMILES string of the molecule is O=[N+]([O-])c1cc(CNCCC2CCC2)c(F)cc1F. The molecule has 1 aromatic rings. The van der Waals surface area contributed by atoms with Crippen molar-refractivity contribution in [3.05, 3.63) is 39.4 Å². The molecule has 104 valence electrons. The first-order valence-electron chi connectivity index (χ1n) is 6.41. The molecular weight excluding hydrogens is 254 g/mol. The van der Waals surface area contributed by atoms with E-state index in [1.165, 1.54) is 19.3 Å². The van der Waals surface area contributed by atoms with Gasteiger partial charge in [0.05, 0.1) is 4.92 Å². The number of rotatable bonds is 6. The highest BCUT2D eigenvalue weighted by atomic mass is 19.1. The van der Waals surface area contributed by atoms with Gasteiger partial charge in [0.1, 0.15) is 5.82 Å². The van der Waals surface area contributed by atoms with Crippen LogP contribution in [0.5, 0.6) is 0 Å². The second-order valence-electron chi connectivity index (χ2n) is 4.91. The van der Waals surface area contributed by atoms with Crippen LogP contribution in [0, 0.1) is 27.7 Å². The lowest BCUT2D eigenvalue weighted by Gasteiger charge is -2.25. The molecule has 1 fully saturated rings. The summed E-state index contributed by atoms with van der Waals surface area (Å²) >= 11 is 0. The first-order valence-corrected chi connectivity index (χ1v) is 6.41. The van der Waals surface area contributed by atoms with Gasteiger partial charge >= 0.3 is 5.69 Å². The lowest BCUT2D eigenvalue weighted by Crippen LogP contribution is -2.21. The number of nitrogens with one attached hydrogen (secondary N) is 1. The van der Waals surface area contributed by atoms with E-state index < -0.39 is 22.2 Å². The summed E-state index contributed by atoms with van der Waals surface area (Å²) in [6, 6.07) is 1.53. The second kappa shape index (κ2) is 6.06. The summed E-state index contributed by atoms with van der Waals surface area (Å²) in [5, 5.41) is 13.6. The molecule has 1 saturated carbocycles. The molecule has 1 N–H and O–H groups in total. The van der Waals surface area contributed by atoms with Crippen molar-refractivity contribution in [1.82, 2.24) is 5.32 Å². The summed E-state index contributed by atoms with van der Waals surface area (Å²) in [5.41, 5.74) is -0.557. The Morgan fingerprint density at radius 2 is 2.05 bits per heavy atom. The molecule has 1 aliphatic carbocycles. The number of hydrogen-bond acceptors (Lipinski definition) is 3. The van der Waals surface area contributed by atoms with Gasteiger partial charge in [-0.25, -0.2) is 4.39 Å². The number of nitro groups is 1. The molecule has 0 atom stereocenters. The van der Waals surface area contributed by atoms with Gasteiger partial charge in [0.15, 0.2) is 0 Å². The van der Waals surface area contributed by atoms with Crippen LogP contribution in [0.15, 0.2) is 12.1 Å². The summed E-state index contributed by atoms with van der Waals surface area (Å²) < 4.78 is 26.6. The fraction of sp³-hybridized carbons (Fsp3) is 0.538. The van der Waals surface area contributed by atoms with Gasteiger partial charge in [0.2, 0.25) is 5.82 Å². The minimum absolute atomic E-state index is 0.127. The standard InChI is InChI=1S/C13H16F2N2O2/c14-11-7-12(15)13(17(18)19)6-10(11)8-16-5-4-9-2-1-3-9/h6-7,9,16H,1-5,8H2. The minimum Gasteiger partial charge on any atom is -0.313 e. The van der Waals surface area contributed by atoms with E-state index in [-0.39, 0.29) is 12.1 Å². The van der Waals surface area contributed by atoms with Crippen molar-refractivity contribution < 1.29 is 13.7 Å². The van der Waals surface area contributed by atoms with E-state index >= 15 is 0 Å². The van der Waals surface area contributed by atoms with Crippen molar-refractivity contribution in [2.45, 2.75) is 32.2 Å². The Morgan fingerprint density at radius 3 is 2.63 bits per heavy atom. The van der Waals surface area contributed by atoms with Crippen molar-refractivity contribution >= 4 is 5.69 Å². The van der Waals surface area contributed by atoms with E-state index in [2.05, 4.69) is 5.32 Å². The Bertz CT molecular complexity index is 476. The zero-order valence-corrected chi connectivity index (χ0v) is 10.5. The predicted molar refractivity (Wildman–Crippen MR) is 66.7 cm³/mol. The molecule has 2 rings (SSSR count). The highest BCUT2D eigenvalue weighted by molar-refractivity contribution is 5.37. The molecule has 0 amide bonds. The number of nitro benzene ring substituents is 1. The zero-order valence-electron chi connectivity index (χ0n) is 10.5. The smallest absolute Gasteiger partial charge is 0.305 e. The average molecular weight is 270 g/mol. The molecule has 0 heterocycles. The molecule has 0 unspecified atom stereocenters. The van der Waals surface area contributed by atoms with E-state index in [9.17, 15) is 18.9 Å². The largest absolute Gasteiger partial charge is 0.313 e. The Balaban J connectivity index is 1.91. The topological polar surface area (TPSA) is 55.2 Å². The molecule has 0 saturated heterocycles. The van der Waals surface area contributed by atoms with E-state index in [1.54, 1.807) is 0 Å². The van der Waals surface area contributed by atoms with Crippen LogP contribution >= 0.6 is 0 Å². The van der Waals surface area contributed by atoms with Crippen LogP contribution in [-0.2, 0) is 6.54 Å². The van der Waals surface area contributed by atoms with Gasteiger partial charge in [0.25, 0.3) is 0 Å². The maximum Gasteiger partial charge on any atom is 0.305 e. The van der Waals surface area contributed by atoms with Crippen molar-refractivity contribution in [3.8, 4) is 0 Å². The summed E-state index contributed by atoms with van der Waals surface area (Å²) in [5.74, 6) is -1.14. The lowest BCUT2D eigenvalue weighted by atomic mass is 9.83. The van der Waals surface area contributed by atoms with Gasteiger partial charge in [-0.15, -0.1) is 0 Å². The van der Waals surface area contributed by atoms with Crippen LogP contribution in [0.25, 0.3) is 0 Å². The van der Waals surface area contributed by atoms with Gasteiger partial charge in [-0.2, -0.15) is 4.39 Å². The summed E-state index contributed by atoms with van der Waals surface area (Å²) in [4.78, 5) is 9.73. The molecule has 4 nitrogen and oxygen atoms in total. The van der Waals surface area contributed by atoms with Crippen molar-refractivity contribution in [2.24, 2.45) is 5.92 Å². The molecule has 0 aromatic heterocycles. The fourth-order valence-corrected chi connectivity index (χ4v) is 2.17. The maximum atomic E-state index is 13.5. The van der Waals surface area contributed by atoms with Crippen LogP contribution in [0.1, 0.15) is 31.2 Å². The van der Waals surface area contributed by atoms with Crippen molar-refractivity contribution in [2.75, 3.05) is 6.54 Å². The molecule has 0 radical (unpaired) electrons. The highest BCUT2D eigenvalue weighted by Gasteiger charge is 2.19. The predicted octanol–water partition coefficient (Wildman–Crippen LogP) is 3.15. The summed E-state index contributed by atoms with van der Waals surface area (Å²) in [6.45, 7) is 0.926. The highest BCUT2D eigenvalue weighted by Crippen LogP contribution is 2.28. The average Bonchev–Trinajstić information content (AvgIpc) is 2.28. The maximum absolute atomic E-state index is 13.5. The van der Waals surface area contributed by atoms with Gasteiger partial charge < -0.3 is 5.32 Å². The van der Waals surface area contributed by atoms with Crippen LogP contribution in [-0.4, -0.2) is 11.5 Å². The van der Waals surface area contributed by atoms with Crippen LogP contribution < -0.4 is 5.32 Å².